The van der Waals surface area contributed by atoms with Crippen molar-refractivity contribution in [2.75, 3.05) is 0 Å². The van der Waals surface area contributed by atoms with Gasteiger partial charge in [-0.25, -0.2) is 24.9 Å². The standard InChI is InChI=1S/C47H35N7O2/c1-47(2,3)31-19-21-50-45(24-31)54-41-13-7-5-11-37(41)39-18-16-33(27-43(39)54)56-35-23-30(46-51-28-48-29-52-46)22-34(25-35)55-32-15-17-38-36-10-4-6-12-40(36)53(42(38)26-32)44-14-8-9-20-49-44/h4-29H,1-3H3. The highest BCUT2D eigenvalue weighted by molar-refractivity contribution is 6.10. The van der Waals surface area contributed by atoms with Gasteiger partial charge in [-0.2, -0.15) is 0 Å². The van der Waals surface area contributed by atoms with Crippen LogP contribution in [-0.4, -0.2) is 34.1 Å². The second kappa shape index (κ2) is 13.2. The Morgan fingerprint density at radius 2 is 1.00 bits per heavy atom. The molecule has 0 atom stereocenters. The third kappa shape index (κ3) is 5.86. The van der Waals surface area contributed by atoms with Crippen molar-refractivity contribution in [1.29, 1.82) is 0 Å². The summed E-state index contributed by atoms with van der Waals surface area (Å²) >= 11 is 0. The van der Waals surface area contributed by atoms with Gasteiger partial charge in [0.2, 0.25) is 0 Å². The largest absolute Gasteiger partial charge is 0.457 e. The Labute approximate surface area is 322 Å². The highest BCUT2D eigenvalue weighted by atomic mass is 16.5. The molecule has 0 aliphatic rings. The number of nitrogens with zero attached hydrogens (tertiary/aromatic N) is 7. The van der Waals surface area contributed by atoms with Crippen LogP contribution in [0.1, 0.15) is 26.3 Å². The van der Waals surface area contributed by atoms with Gasteiger partial charge in [-0.3, -0.25) is 9.13 Å². The number of aromatic nitrogens is 7. The molecule has 9 nitrogen and oxygen atoms in total. The topological polar surface area (TPSA) is 92.8 Å². The lowest BCUT2D eigenvalue weighted by Crippen LogP contribution is -2.12. The van der Waals surface area contributed by atoms with Crippen molar-refractivity contribution in [2.24, 2.45) is 0 Å². The van der Waals surface area contributed by atoms with Crippen molar-refractivity contribution in [1.82, 2.24) is 34.1 Å². The van der Waals surface area contributed by atoms with Gasteiger partial charge in [0.25, 0.3) is 0 Å². The maximum atomic E-state index is 6.68. The first-order chi connectivity index (χ1) is 27.4. The van der Waals surface area contributed by atoms with Crippen LogP contribution < -0.4 is 9.47 Å². The Bertz CT molecular complexity index is 3080. The smallest absolute Gasteiger partial charge is 0.162 e. The van der Waals surface area contributed by atoms with Crippen LogP contribution in [0.5, 0.6) is 23.0 Å². The summed E-state index contributed by atoms with van der Waals surface area (Å²) in [5.41, 5.74) is 6.02. The molecule has 0 bridgehead atoms. The molecular weight excluding hydrogens is 695 g/mol. The first-order valence-electron chi connectivity index (χ1n) is 18.5. The second-order valence-electron chi connectivity index (χ2n) is 14.8. The van der Waals surface area contributed by atoms with Gasteiger partial charge in [0.05, 0.1) is 22.1 Å². The Kier molecular flexibility index (Phi) is 7.81. The molecule has 270 valence electrons. The molecule has 9 heteroatoms. The normalized spacial score (nSPS) is 11.8. The number of pyridine rings is 2. The molecule has 0 amide bonds. The van der Waals surface area contributed by atoms with Gasteiger partial charge in [0.1, 0.15) is 47.3 Å². The van der Waals surface area contributed by atoms with E-state index in [0.29, 0.717) is 28.8 Å². The minimum absolute atomic E-state index is 0.0304. The van der Waals surface area contributed by atoms with Crippen LogP contribution >= 0.6 is 0 Å². The van der Waals surface area contributed by atoms with Crippen molar-refractivity contribution in [3.63, 3.8) is 0 Å². The van der Waals surface area contributed by atoms with Gasteiger partial charge in [-0.15, -0.1) is 0 Å². The van der Waals surface area contributed by atoms with Gasteiger partial charge >= 0.3 is 0 Å². The summed E-state index contributed by atoms with van der Waals surface area (Å²) < 4.78 is 17.7. The maximum absolute atomic E-state index is 6.68. The molecule has 0 aliphatic carbocycles. The fourth-order valence-corrected chi connectivity index (χ4v) is 7.49. The number of hydrogen-bond acceptors (Lipinski definition) is 7. The molecule has 0 fully saturated rings. The number of rotatable bonds is 7. The highest BCUT2D eigenvalue weighted by Crippen LogP contribution is 2.39. The molecule has 0 spiro atoms. The molecule has 0 aliphatic heterocycles. The molecule has 10 aromatic rings. The van der Waals surface area contributed by atoms with E-state index in [1.54, 1.807) is 0 Å². The van der Waals surface area contributed by atoms with E-state index >= 15 is 0 Å². The summed E-state index contributed by atoms with van der Waals surface area (Å²) in [5.74, 6) is 4.64. The van der Waals surface area contributed by atoms with Crippen LogP contribution in [0.2, 0.25) is 0 Å². The van der Waals surface area contributed by atoms with Gasteiger partial charge in [-0.05, 0) is 83.8 Å². The Morgan fingerprint density at radius 1 is 0.446 bits per heavy atom. The minimum Gasteiger partial charge on any atom is -0.457 e. The van der Waals surface area contributed by atoms with E-state index in [-0.39, 0.29) is 5.41 Å². The summed E-state index contributed by atoms with van der Waals surface area (Å²) in [4.78, 5) is 22.4. The van der Waals surface area contributed by atoms with E-state index in [0.717, 1.165) is 60.8 Å². The summed E-state index contributed by atoms with van der Waals surface area (Å²) in [7, 11) is 0. The lowest BCUT2D eigenvalue weighted by Gasteiger charge is -2.20. The molecule has 0 N–H and O–H groups in total. The molecule has 0 saturated carbocycles. The molecule has 5 aromatic carbocycles. The summed E-state index contributed by atoms with van der Waals surface area (Å²) in [6.45, 7) is 6.65. The van der Waals surface area contributed by atoms with E-state index in [1.165, 1.54) is 18.2 Å². The van der Waals surface area contributed by atoms with Crippen LogP contribution in [0.3, 0.4) is 0 Å². The van der Waals surface area contributed by atoms with E-state index in [9.17, 15) is 0 Å². The predicted octanol–water partition coefficient (Wildman–Crippen LogP) is 11.4. The first kappa shape index (κ1) is 33.2. The molecule has 5 heterocycles. The van der Waals surface area contributed by atoms with Gasteiger partial charge in [0, 0.05) is 57.7 Å². The summed E-state index contributed by atoms with van der Waals surface area (Å²) in [5, 5.41) is 4.50. The molecular formula is C47H35N7O2. The summed E-state index contributed by atoms with van der Waals surface area (Å²) in [6, 6.07) is 45.0. The molecule has 0 saturated heterocycles. The fraction of sp³-hybridized carbons (Fsp3) is 0.0851. The molecule has 5 aromatic heterocycles. The third-order valence-electron chi connectivity index (χ3n) is 10.1. The molecule has 10 rings (SSSR count). The van der Waals surface area contributed by atoms with Gasteiger partial charge in [0.15, 0.2) is 5.82 Å². The highest BCUT2D eigenvalue weighted by Gasteiger charge is 2.19. The van der Waals surface area contributed by atoms with Crippen molar-refractivity contribution in [3.8, 4) is 46.0 Å². The zero-order chi connectivity index (χ0) is 37.8. The SMILES string of the molecule is CC(C)(C)c1ccnc(-n2c3ccccc3c3ccc(Oc4cc(Oc5ccc6c7ccccc7n(-c7ccccn7)c6c5)cc(-c5ncncn5)c4)cc32)c1. The van der Waals surface area contributed by atoms with Crippen molar-refractivity contribution >= 4 is 43.6 Å². The molecule has 56 heavy (non-hydrogen) atoms. The Morgan fingerprint density at radius 3 is 1.59 bits per heavy atom. The van der Waals surface area contributed by atoms with Gasteiger partial charge < -0.3 is 9.47 Å². The maximum Gasteiger partial charge on any atom is 0.162 e. The quantitative estimate of drug-likeness (QED) is 0.161. The van der Waals surface area contributed by atoms with Crippen molar-refractivity contribution < 1.29 is 9.47 Å². The van der Waals surface area contributed by atoms with E-state index in [4.69, 9.17) is 14.5 Å². The first-order valence-corrected chi connectivity index (χ1v) is 18.5. The fourth-order valence-electron chi connectivity index (χ4n) is 7.49. The predicted molar refractivity (Wildman–Crippen MR) is 221 cm³/mol. The minimum atomic E-state index is -0.0304. The molecule has 0 unspecified atom stereocenters. The number of benzene rings is 5. The van der Waals surface area contributed by atoms with Crippen LogP contribution in [0.4, 0.5) is 0 Å². The Balaban J connectivity index is 1.07. The zero-order valence-electron chi connectivity index (χ0n) is 31.0. The van der Waals surface area contributed by atoms with Gasteiger partial charge in [-0.1, -0.05) is 63.2 Å². The zero-order valence-corrected chi connectivity index (χ0v) is 31.0. The van der Waals surface area contributed by atoms with Crippen molar-refractivity contribution in [3.05, 3.63) is 164 Å². The number of fused-ring (bicyclic) bond motifs is 6. The van der Waals surface area contributed by atoms with E-state index < -0.39 is 0 Å². The average molecular weight is 730 g/mol. The van der Waals surface area contributed by atoms with Crippen molar-refractivity contribution in [2.45, 2.75) is 26.2 Å². The molecule has 0 radical (unpaired) electrons. The van der Waals surface area contributed by atoms with Crippen LogP contribution in [0, 0.1) is 0 Å². The lowest BCUT2D eigenvalue weighted by molar-refractivity contribution is 0.461. The van der Waals surface area contributed by atoms with E-state index in [2.05, 4.69) is 129 Å². The number of ether oxygens (including phenoxy) is 2. The number of para-hydroxylation sites is 2. The average Bonchev–Trinajstić information content (AvgIpc) is 3.73. The number of hydrogen-bond donors (Lipinski definition) is 0. The van der Waals surface area contributed by atoms with Crippen LogP contribution in [0.25, 0.3) is 66.6 Å². The van der Waals surface area contributed by atoms with E-state index in [1.807, 2.05) is 67.0 Å². The van der Waals surface area contributed by atoms with Crippen LogP contribution in [0.15, 0.2) is 159 Å². The Hall–Kier alpha value is -7.39. The third-order valence-corrected chi connectivity index (χ3v) is 10.1. The second-order valence-corrected chi connectivity index (χ2v) is 14.8. The monoisotopic (exact) mass is 729 g/mol. The summed E-state index contributed by atoms with van der Waals surface area (Å²) in [6.07, 6.45) is 6.66. The lowest BCUT2D eigenvalue weighted by atomic mass is 9.88. The van der Waals surface area contributed by atoms with Crippen LogP contribution in [-0.2, 0) is 5.41 Å².